The summed E-state index contributed by atoms with van der Waals surface area (Å²) in [4.78, 5) is 0. The Kier molecular flexibility index (Phi) is 6.66. The van der Waals surface area contributed by atoms with Gasteiger partial charge in [0.25, 0.3) is 5.72 Å². The van der Waals surface area contributed by atoms with E-state index < -0.39 is 7.25 Å². The normalized spacial score (nSPS) is 28.6. The molecular formula is C18H26BF4NO. The molecule has 3 atom stereocenters. The molecule has 3 unspecified atom stereocenters. The van der Waals surface area contributed by atoms with E-state index >= 15 is 0 Å². The fraction of sp³-hybridized carbons (Fsp3) is 0.611. The predicted octanol–water partition coefficient (Wildman–Crippen LogP) is 5.11. The largest absolute Gasteiger partial charge is 0.673 e. The van der Waals surface area contributed by atoms with Gasteiger partial charge in [0.15, 0.2) is 0 Å². The van der Waals surface area contributed by atoms with Gasteiger partial charge >= 0.3 is 7.25 Å². The van der Waals surface area contributed by atoms with Gasteiger partial charge in [-0.3, -0.25) is 0 Å². The van der Waals surface area contributed by atoms with Crippen molar-refractivity contribution < 1.29 is 26.6 Å². The van der Waals surface area contributed by atoms with E-state index in [1.54, 1.807) is 0 Å². The molecule has 1 fully saturated rings. The Hall–Kier alpha value is -1.37. The second-order valence-electron chi connectivity index (χ2n) is 6.59. The van der Waals surface area contributed by atoms with Gasteiger partial charge in [-0.05, 0) is 25.3 Å². The molecule has 25 heavy (non-hydrogen) atoms. The topological polar surface area (TPSA) is 12.2 Å². The van der Waals surface area contributed by atoms with Crippen molar-refractivity contribution in [2.75, 3.05) is 13.2 Å². The van der Waals surface area contributed by atoms with Crippen LogP contribution in [0.25, 0.3) is 0 Å². The molecule has 0 amide bonds. The maximum atomic E-state index is 9.75. The minimum atomic E-state index is -6.00. The molecule has 0 spiro atoms. The average molecular weight is 359 g/mol. The fourth-order valence-electron chi connectivity index (χ4n) is 4.07. The van der Waals surface area contributed by atoms with Crippen molar-refractivity contribution in [3.05, 3.63) is 35.9 Å². The Morgan fingerprint density at radius 1 is 1.16 bits per heavy atom. The third kappa shape index (κ3) is 5.06. The number of rotatable bonds is 4. The van der Waals surface area contributed by atoms with Crippen molar-refractivity contribution >= 4 is 13.5 Å². The summed E-state index contributed by atoms with van der Waals surface area (Å²) >= 11 is 0. The highest BCUT2D eigenvalue weighted by Gasteiger charge is 2.56. The molecular weight excluding hydrogens is 333 g/mol. The van der Waals surface area contributed by atoms with E-state index in [2.05, 4.69) is 55.0 Å². The zero-order valence-electron chi connectivity index (χ0n) is 14.8. The first kappa shape index (κ1) is 20.0. The summed E-state index contributed by atoms with van der Waals surface area (Å²) in [6.07, 6.45) is 7.31. The lowest BCUT2D eigenvalue weighted by Crippen LogP contribution is -2.50. The summed E-state index contributed by atoms with van der Waals surface area (Å²) < 4.78 is 47.9. The Morgan fingerprint density at radius 2 is 1.80 bits per heavy atom. The first-order chi connectivity index (χ1) is 11.8. The monoisotopic (exact) mass is 359 g/mol. The summed E-state index contributed by atoms with van der Waals surface area (Å²) in [6, 6.07) is 11.0. The first-order valence-electron chi connectivity index (χ1n) is 8.98. The third-order valence-corrected chi connectivity index (χ3v) is 5.01. The van der Waals surface area contributed by atoms with E-state index in [0.29, 0.717) is 11.8 Å². The highest BCUT2D eigenvalue weighted by molar-refractivity contribution is 6.50. The van der Waals surface area contributed by atoms with Crippen molar-refractivity contribution in [3.8, 4) is 0 Å². The lowest BCUT2D eigenvalue weighted by Gasteiger charge is -2.38. The minimum absolute atomic E-state index is 0.0816. The van der Waals surface area contributed by atoms with Gasteiger partial charge in [0.1, 0.15) is 12.8 Å². The number of hydrogen-bond donors (Lipinski definition) is 0. The summed E-state index contributed by atoms with van der Waals surface area (Å²) in [5.41, 5.74) is 1.36. The fourth-order valence-corrected chi connectivity index (χ4v) is 4.07. The predicted molar refractivity (Wildman–Crippen MR) is 92.5 cm³/mol. The standard InChI is InChI=1S/C18H26NO.BF4/c1-3-15-13-17(16-9-6-5-7-10-16)18(20-4-2)11-8-12-19(18)14-15;2-1(3,4)5/h5-7,9-10,14-15,17H,3-4,8,11-13H2,1-2H3;/q+1;-1. The summed E-state index contributed by atoms with van der Waals surface area (Å²) in [5, 5.41) is 0. The Balaban J connectivity index is 0.000000399. The van der Waals surface area contributed by atoms with E-state index in [4.69, 9.17) is 4.74 Å². The van der Waals surface area contributed by atoms with E-state index in [0.717, 1.165) is 19.6 Å². The van der Waals surface area contributed by atoms with Crippen LogP contribution in [-0.4, -0.2) is 36.9 Å². The quantitative estimate of drug-likeness (QED) is 0.413. The molecule has 1 saturated heterocycles. The van der Waals surface area contributed by atoms with Gasteiger partial charge in [0.05, 0.1) is 12.5 Å². The van der Waals surface area contributed by atoms with E-state index in [1.165, 1.54) is 24.8 Å². The van der Waals surface area contributed by atoms with Crippen molar-refractivity contribution in [1.29, 1.82) is 0 Å². The molecule has 0 aliphatic carbocycles. The summed E-state index contributed by atoms with van der Waals surface area (Å²) in [5.74, 6) is 1.19. The average Bonchev–Trinajstić information content (AvgIpc) is 2.96. The zero-order chi connectivity index (χ0) is 18.5. The van der Waals surface area contributed by atoms with Crippen molar-refractivity contribution in [1.82, 2.24) is 0 Å². The molecule has 2 aliphatic rings. The van der Waals surface area contributed by atoms with Crippen LogP contribution in [0.2, 0.25) is 0 Å². The third-order valence-electron chi connectivity index (χ3n) is 5.01. The Bertz CT molecular complexity index is 572. The molecule has 0 saturated carbocycles. The number of benzene rings is 1. The van der Waals surface area contributed by atoms with Gasteiger partial charge in [-0.15, -0.1) is 0 Å². The maximum Gasteiger partial charge on any atom is 0.673 e. The van der Waals surface area contributed by atoms with Crippen molar-refractivity contribution in [2.45, 2.75) is 51.2 Å². The minimum Gasteiger partial charge on any atom is -0.418 e. The van der Waals surface area contributed by atoms with Crippen LogP contribution in [0.1, 0.15) is 51.0 Å². The molecule has 2 aliphatic heterocycles. The second kappa shape index (κ2) is 8.34. The second-order valence-corrected chi connectivity index (χ2v) is 6.59. The number of ether oxygens (including phenoxy) is 1. The molecule has 0 aromatic heterocycles. The molecule has 2 heterocycles. The van der Waals surface area contributed by atoms with Crippen molar-refractivity contribution in [2.24, 2.45) is 5.92 Å². The van der Waals surface area contributed by atoms with Crippen LogP contribution in [0.5, 0.6) is 0 Å². The Labute approximate surface area is 147 Å². The number of halogens is 4. The van der Waals surface area contributed by atoms with Crippen LogP contribution in [0, 0.1) is 5.92 Å². The smallest absolute Gasteiger partial charge is 0.418 e. The molecule has 140 valence electrons. The van der Waals surface area contributed by atoms with Gasteiger partial charge in [0, 0.05) is 18.8 Å². The lowest BCUT2D eigenvalue weighted by molar-refractivity contribution is -0.649. The zero-order valence-corrected chi connectivity index (χ0v) is 14.8. The van der Waals surface area contributed by atoms with Gasteiger partial charge < -0.3 is 22.0 Å². The van der Waals surface area contributed by atoms with Gasteiger partial charge in [-0.1, -0.05) is 37.3 Å². The summed E-state index contributed by atoms with van der Waals surface area (Å²) in [6.45, 7) is 6.37. The molecule has 1 aromatic rings. The van der Waals surface area contributed by atoms with Crippen LogP contribution in [-0.2, 0) is 4.74 Å². The molecule has 2 nitrogen and oxygen atoms in total. The number of nitrogens with zero attached hydrogens (tertiary/aromatic N) is 1. The summed E-state index contributed by atoms with van der Waals surface area (Å²) in [7, 11) is -6.00. The molecule has 0 bridgehead atoms. The number of hydrogen-bond acceptors (Lipinski definition) is 1. The van der Waals surface area contributed by atoms with Gasteiger partial charge in [-0.2, -0.15) is 0 Å². The maximum absolute atomic E-state index is 9.75. The number of fused-ring (bicyclic) bond motifs is 1. The first-order valence-corrected chi connectivity index (χ1v) is 8.98. The molecule has 7 heteroatoms. The highest BCUT2D eigenvalue weighted by atomic mass is 19.5. The van der Waals surface area contributed by atoms with Crippen LogP contribution in [0.3, 0.4) is 0 Å². The molecule has 0 radical (unpaired) electrons. The van der Waals surface area contributed by atoms with Gasteiger partial charge in [0.2, 0.25) is 0 Å². The molecule has 1 aromatic carbocycles. The molecule has 0 N–H and O–H groups in total. The van der Waals surface area contributed by atoms with E-state index in [-0.39, 0.29) is 5.72 Å². The lowest BCUT2D eigenvalue weighted by atomic mass is 9.77. The van der Waals surface area contributed by atoms with Crippen molar-refractivity contribution in [3.63, 3.8) is 0 Å². The van der Waals surface area contributed by atoms with E-state index in [9.17, 15) is 17.3 Å². The SMILES string of the molecule is CCOC12CCC[N+]1=CC(CC)CC2c1ccccc1.F[B-](F)(F)F. The van der Waals surface area contributed by atoms with Crippen LogP contribution >= 0.6 is 0 Å². The van der Waals surface area contributed by atoms with E-state index in [1.807, 2.05) is 0 Å². The van der Waals surface area contributed by atoms with Gasteiger partial charge in [-0.25, -0.2) is 4.58 Å². The highest BCUT2D eigenvalue weighted by Crippen LogP contribution is 2.46. The van der Waals surface area contributed by atoms with Crippen LogP contribution in [0.15, 0.2) is 30.3 Å². The van der Waals surface area contributed by atoms with Crippen LogP contribution < -0.4 is 0 Å². The Morgan fingerprint density at radius 3 is 2.36 bits per heavy atom. The molecule has 3 rings (SSSR count). The van der Waals surface area contributed by atoms with Crippen LogP contribution in [0.4, 0.5) is 17.3 Å².